The average molecular weight is 286 g/mol. The van der Waals surface area contributed by atoms with E-state index in [0.717, 1.165) is 23.4 Å². The molecule has 0 saturated heterocycles. The molecule has 3 heteroatoms. The summed E-state index contributed by atoms with van der Waals surface area (Å²) in [6.45, 7) is 12.7. The fourth-order valence-electron chi connectivity index (χ4n) is 2.44. The molecule has 0 amide bonds. The summed E-state index contributed by atoms with van der Waals surface area (Å²) in [5, 5.41) is 15.3. The zero-order chi connectivity index (χ0) is 15.8. The molecule has 0 bridgehead atoms. The Bertz CT molecular complexity index is 616. The van der Waals surface area contributed by atoms with Crippen molar-refractivity contribution in [2.75, 3.05) is 0 Å². The van der Waals surface area contributed by atoms with Crippen molar-refractivity contribution >= 4 is 0 Å². The summed E-state index contributed by atoms with van der Waals surface area (Å²) in [4.78, 5) is 0. The monoisotopic (exact) mass is 286 g/mol. The molecule has 0 aliphatic heterocycles. The minimum absolute atomic E-state index is 0.174. The van der Waals surface area contributed by atoms with Gasteiger partial charge in [-0.2, -0.15) is 5.10 Å². The predicted octanol–water partition coefficient (Wildman–Crippen LogP) is 4.52. The van der Waals surface area contributed by atoms with Crippen molar-refractivity contribution in [3.05, 3.63) is 35.5 Å². The van der Waals surface area contributed by atoms with Crippen LogP contribution in [0.5, 0.6) is 5.75 Å². The lowest BCUT2D eigenvalue weighted by Crippen LogP contribution is -2.24. The number of nitrogens with zero attached hydrogens (tertiary/aromatic N) is 2. The minimum Gasteiger partial charge on any atom is -0.504 e. The fraction of sp³-hybridized carbons (Fsp3) is 0.500. The number of aromatic nitrogens is 2. The predicted molar refractivity (Wildman–Crippen MR) is 87.6 cm³/mol. The second-order valence-corrected chi connectivity index (χ2v) is 7.19. The van der Waals surface area contributed by atoms with E-state index in [1.807, 2.05) is 16.8 Å². The van der Waals surface area contributed by atoms with E-state index in [1.54, 1.807) is 0 Å². The number of rotatable bonds is 3. The minimum atomic E-state index is -0.174. The van der Waals surface area contributed by atoms with Crippen LogP contribution in [0.3, 0.4) is 0 Å². The summed E-state index contributed by atoms with van der Waals surface area (Å²) in [5.41, 5.74) is 3.65. The van der Waals surface area contributed by atoms with Gasteiger partial charge in [0.1, 0.15) is 11.4 Å². The zero-order valence-electron chi connectivity index (χ0n) is 13.9. The van der Waals surface area contributed by atoms with Gasteiger partial charge in [-0.3, -0.25) is 4.68 Å². The smallest absolute Gasteiger partial charge is 0.164 e. The Labute approximate surface area is 127 Å². The molecule has 1 heterocycles. The maximum atomic E-state index is 10.7. The first-order valence-corrected chi connectivity index (χ1v) is 7.58. The lowest BCUT2D eigenvalue weighted by molar-refractivity contribution is 0.355. The number of aryl methyl sites for hydroxylation is 1. The molecule has 0 spiro atoms. The van der Waals surface area contributed by atoms with E-state index in [1.165, 1.54) is 5.56 Å². The number of hydrogen-bond acceptors (Lipinski definition) is 2. The normalized spacial score (nSPS) is 12.1. The van der Waals surface area contributed by atoms with E-state index in [4.69, 9.17) is 0 Å². The summed E-state index contributed by atoms with van der Waals surface area (Å²) in [7, 11) is 0. The second-order valence-electron chi connectivity index (χ2n) is 7.19. The Morgan fingerprint density at radius 1 is 1.14 bits per heavy atom. The Kier molecular flexibility index (Phi) is 4.13. The lowest BCUT2D eigenvalue weighted by Gasteiger charge is -2.22. The molecule has 1 N–H and O–H groups in total. The van der Waals surface area contributed by atoms with E-state index < -0.39 is 0 Å². The highest BCUT2D eigenvalue weighted by atomic mass is 16.3. The van der Waals surface area contributed by atoms with E-state index in [9.17, 15) is 5.11 Å². The van der Waals surface area contributed by atoms with Crippen LogP contribution in [-0.2, 0) is 12.0 Å². The zero-order valence-corrected chi connectivity index (χ0v) is 13.9. The molecule has 2 aromatic rings. The second kappa shape index (κ2) is 5.55. The van der Waals surface area contributed by atoms with Crippen LogP contribution in [0.4, 0.5) is 0 Å². The van der Waals surface area contributed by atoms with Crippen LogP contribution in [0.2, 0.25) is 0 Å². The number of benzene rings is 1. The van der Waals surface area contributed by atoms with Crippen LogP contribution in [0.1, 0.15) is 45.9 Å². The Morgan fingerprint density at radius 3 is 2.19 bits per heavy atom. The van der Waals surface area contributed by atoms with Crippen molar-refractivity contribution in [3.8, 4) is 17.0 Å². The maximum Gasteiger partial charge on any atom is 0.164 e. The Morgan fingerprint density at radius 2 is 1.71 bits per heavy atom. The highest BCUT2D eigenvalue weighted by Crippen LogP contribution is 2.36. The Hall–Kier alpha value is -1.77. The third-order valence-electron chi connectivity index (χ3n) is 3.49. The molecule has 1 aromatic heterocycles. The van der Waals surface area contributed by atoms with Crippen LogP contribution >= 0.6 is 0 Å². The molecule has 0 radical (unpaired) electrons. The molecule has 0 fully saturated rings. The van der Waals surface area contributed by atoms with Crippen LogP contribution in [0.25, 0.3) is 11.3 Å². The molecule has 0 unspecified atom stereocenters. The van der Waals surface area contributed by atoms with Gasteiger partial charge >= 0.3 is 0 Å². The largest absolute Gasteiger partial charge is 0.504 e. The van der Waals surface area contributed by atoms with Gasteiger partial charge < -0.3 is 5.11 Å². The quantitative estimate of drug-likeness (QED) is 0.901. The first kappa shape index (κ1) is 15.6. The first-order valence-electron chi connectivity index (χ1n) is 7.58. The molecule has 2 rings (SSSR count). The van der Waals surface area contributed by atoms with Crippen molar-refractivity contribution in [2.45, 2.75) is 53.5 Å². The molecule has 0 aliphatic rings. The van der Waals surface area contributed by atoms with E-state index in [-0.39, 0.29) is 5.54 Å². The van der Waals surface area contributed by atoms with Gasteiger partial charge in [-0.25, -0.2) is 0 Å². The number of hydrogen-bond donors (Lipinski definition) is 1. The van der Waals surface area contributed by atoms with Crippen molar-refractivity contribution in [2.24, 2.45) is 5.92 Å². The topological polar surface area (TPSA) is 38.1 Å². The highest BCUT2D eigenvalue weighted by Gasteiger charge is 2.25. The molecule has 3 nitrogen and oxygen atoms in total. The SMILES string of the molecule is Cc1ccc(-c2c(O)c(CC(C)C)nn2C(C)(C)C)cc1. The molecule has 0 atom stereocenters. The summed E-state index contributed by atoms with van der Waals surface area (Å²) >= 11 is 0. The average Bonchev–Trinajstić information content (AvgIpc) is 2.67. The van der Waals surface area contributed by atoms with Crippen LogP contribution < -0.4 is 0 Å². The van der Waals surface area contributed by atoms with Gasteiger partial charge in [0.2, 0.25) is 0 Å². The van der Waals surface area contributed by atoms with Crippen molar-refractivity contribution < 1.29 is 5.11 Å². The first-order chi connectivity index (χ1) is 9.70. The lowest BCUT2D eigenvalue weighted by atomic mass is 10.0. The van der Waals surface area contributed by atoms with Crippen LogP contribution in [-0.4, -0.2) is 14.9 Å². The van der Waals surface area contributed by atoms with E-state index >= 15 is 0 Å². The summed E-state index contributed by atoms with van der Waals surface area (Å²) in [6.07, 6.45) is 0.785. The molecular weight excluding hydrogens is 260 g/mol. The third kappa shape index (κ3) is 3.29. The molecule has 21 heavy (non-hydrogen) atoms. The molecule has 0 aliphatic carbocycles. The van der Waals surface area contributed by atoms with Crippen molar-refractivity contribution in [3.63, 3.8) is 0 Å². The molecule has 114 valence electrons. The van der Waals surface area contributed by atoms with Gasteiger partial charge in [0.25, 0.3) is 0 Å². The molecule has 0 saturated carbocycles. The van der Waals surface area contributed by atoms with Gasteiger partial charge in [-0.05, 0) is 40.0 Å². The number of aromatic hydroxyl groups is 1. The maximum absolute atomic E-state index is 10.7. The summed E-state index contributed by atoms with van der Waals surface area (Å²) < 4.78 is 1.95. The van der Waals surface area contributed by atoms with Gasteiger partial charge in [0.05, 0.1) is 5.54 Å². The third-order valence-corrected chi connectivity index (χ3v) is 3.49. The van der Waals surface area contributed by atoms with Gasteiger partial charge in [0, 0.05) is 5.56 Å². The van der Waals surface area contributed by atoms with Crippen LogP contribution in [0.15, 0.2) is 24.3 Å². The van der Waals surface area contributed by atoms with E-state index in [0.29, 0.717) is 11.7 Å². The molecular formula is C18H26N2O. The summed E-state index contributed by atoms with van der Waals surface area (Å²) in [6, 6.07) is 8.23. The van der Waals surface area contributed by atoms with Crippen LogP contribution in [0, 0.1) is 12.8 Å². The molecule has 1 aromatic carbocycles. The van der Waals surface area contributed by atoms with Gasteiger partial charge in [-0.1, -0.05) is 43.7 Å². The fourth-order valence-corrected chi connectivity index (χ4v) is 2.44. The van der Waals surface area contributed by atoms with E-state index in [2.05, 4.69) is 58.8 Å². The van der Waals surface area contributed by atoms with Crippen molar-refractivity contribution in [1.29, 1.82) is 0 Å². The Balaban J connectivity index is 2.62. The van der Waals surface area contributed by atoms with Gasteiger partial charge in [0.15, 0.2) is 5.75 Å². The highest BCUT2D eigenvalue weighted by molar-refractivity contribution is 5.68. The van der Waals surface area contributed by atoms with Crippen molar-refractivity contribution in [1.82, 2.24) is 9.78 Å². The van der Waals surface area contributed by atoms with Gasteiger partial charge in [-0.15, -0.1) is 0 Å². The summed E-state index contributed by atoms with van der Waals surface area (Å²) in [5.74, 6) is 0.785. The standard InChI is InChI=1S/C18H26N2O/c1-12(2)11-15-17(21)16(20(19-15)18(4,5)6)14-9-7-13(3)8-10-14/h7-10,12,21H,11H2,1-6H3.